The molecule has 0 saturated carbocycles. The number of anilines is 1. The second-order valence-electron chi connectivity index (χ2n) is 6.40. The summed E-state index contributed by atoms with van der Waals surface area (Å²) < 4.78 is 33.2. The topological polar surface area (TPSA) is 84.5 Å². The van der Waals surface area contributed by atoms with E-state index in [4.69, 9.17) is 16.3 Å². The van der Waals surface area contributed by atoms with Gasteiger partial charge in [0.1, 0.15) is 5.75 Å². The van der Waals surface area contributed by atoms with Crippen molar-refractivity contribution in [3.05, 3.63) is 52.0 Å². The highest BCUT2D eigenvalue weighted by Crippen LogP contribution is 2.28. The summed E-state index contributed by atoms with van der Waals surface area (Å²) in [5, 5.41) is 3.06. The van der Waals surface area contributed by atoms with Crippen molar-refractivity contribution in [1.82, 2.24) is 4.72 Å². The van der Waals surface area contributed by atoms with E-state index in [1.54, 1.807) is 38.1 Å². The van der Waals surface area contributed by atoms with Crippen molar-refractivity contribution in [2.45, 2.75) is 38.6 Å². The number of methoxy groups -OCH3 is 1. The molecule has 2 rings (SSSR count). The summed E-state index contributed by atoms with van der Waals surface area (Å²) in [6, 6.07) is 7.37. The molecule has 1 unspecified atom stereocenters. The molecule has 8 heteroatoms. The first-order valence-electron chi connectivity index (χ1n) is 8.29. The van der Waals surface area contributed by atoms with Crippen LogP contribution in [0.1, 0.15) is 23.6 Å². The van der Waals surface area contributed by atoms with Gasteiger partial charge in [-0.05, 0) is 57.0 Å². The maximum absolute atomic E-state index is 12.8. The zero-order valence-electron chi connectivity index (χ0n) is 15.9. The number of benzene rings is 2. The fourth-order valence-electron chi connectivity index (χ4n) is 2.95. The number of amides is 1. The Hall–Kier alpha value is -2.09. The molecule has 0 fully saturated rings. The van der Waals surface area contributed by atoms with Gasteiger partial charge in [-0.2, -0.15) is 4.72 Å². The summed E-state index contributed by atoms with van der Waals surface area (Å²) in [4.78, 5) is 12.7. The largest absolute Gasteiger partial charge is 0.495 e. The molecule has 146 valence electrons. The van der Waals surface area contributed by atoms with E-state index in [1.165, 1.54) is 20.1 Å². The lowest BCUT2D eigenvalue weighted by atomic mass is 10.1. The van der Waals surface area contributed by atoms with E-state index >= 15 is 0 Å². The van der Waals surface area contributed by atoms with Gasteiger partial charge in [-0.3, -0.25) is 4.79 Å². The molecule has 2 aromatic rings. The van der Waals surface area contributed by atoms with Gasteiger partial charge in [-0.1, -0.05) is 29.3 Å². The fraction of sp³-hybridized carbons (Fsp3) is 0.316. The van der Waals surface area contributed by atoms with Crippen molar-refractivity contribution in [3.63, 3.8) is 0 Å². The molecule has 0 bridgehead atoms. The number of carbonyl (C=O) groups excluding carboxylic acids is 1. The van der Waals surface area contributed by atoms with Crippen LogP contribution in [0.25, 0.3) is 0 Å². The minimum atomic E-state index is -3.87. The van der Waals surface area contributed by atoms with Gasteiger partial charge in [-0.15, -0.1) is 0 Å². The van der Waals surface area contributed by atoms with Crippen LogP contribution < -0.4 is 14.8 Å². The summed E-state index contributed by atoms with van der Waals surface area (Å²) in [5.74, 6) is -0.102. The van der Waals surface area contributed by atoms with Crippen LogP contribution in [0.2, 0.25) is 5.02 Å². The Bertz CT molecular complexity index is 951. The molecule has 0 aliphatic carbocycles. The zero-order chi connectivity index (χ0) is 20.4. The van der Waals surface area contributed by atoms with Crippen LogP contribution in [-0.4, -0.2) is 27.5 Å². The summed E-state index contributed by atoms with van der Waals surface area (Å²) >= 11 is 5.95. The number of sulfonamides is 1. The lowest BCUT2D eigenvalue weighted by molar-refractivity contribution is -0.117. The SMILES string of the molecule is COc1ccc(Cl)cc1NC(=O)C(C)NS(=O)(=O)c1c(C)cc(C)cc1C. The van der Waals surface area contributed by atoms with Gasteiger partial charge in [0.05, 0.1) is 23.7 Å². The first-order chi connectivity index (χ1) is 12.5. The van der Waals surface area contributed by atoms with Crippen LogP contribution in [0, 0.1) is 20.8 Å². The Labute approximate surface area is 164 Å². The van der Waals surface area contributed by atoms with Crippen molar-refractivity contribution in [3.8, 4) is 5.75 Å². The molecule has 0 radical (unpaired) electrons. The van der Waals surface area contributed by atoms with Crippen LogP contribution in [0.5, 0.6) is 5.75 Å². The maximum atomic E-state index is 12.8. The average Bonchev–Trinajstić information content (AvgIpc) is 2.53. The number of nitrogens with one attached hydrogen (secondary N) is 2. The number of aryl methyl sites for hydroxylation is 3. The molecule has 0 spiro atoms. The predicted octanol–water partition coefficient (Wildman–Crippen LogP) is 3.58. The lowest BCUT2D eigenvalue weighted by Gasteiger charge is -2.18. The summed E-state index contributed by atoms with van der Waals surface area (Å²) in [7, 11) is -2.40. The van der Waals surface area contributed by atoms with Crippen LogP contribution in [0.4, 0.5) is 5.69 Å². The predicted molar refractivity (Wildman–Crippen MR) is 107 cm³/mol. The molecule has 27 heavy (non-hydrogen) atoms. The lowest BCUT2D eigenvalue weighted by Crippen LogP contribution is -2.42. The number of hydrogen-bond acceptors (Lipinski definition) is 4. The van der Waals surface area contributed by atoms with Crippen LogP contribution in [0.15, 0.2) is 35.2 Å². The fourth-order valence-corrected chi connectivity index (χ4v) is 4.78. The molecule has 0 saturated heterocycles. The quantitative estimate of drug-likeness (QED) is 0.762. The third kappa shape index (κ3) is 5.00. The monoisotopic (exact) mass is 410 g/mol. The van der Waals surface area contributed by atoms with Gasteiger partial charge in [-0.25, -0.2) is 8.42 Å². The molecule has 0 heterocycles. The highest BCUT2D eigenvalue weighted by Gasteiger charge is 2.25. The normalized spacial score (nSPS) is 12.5. The molecule has 1 amide bonds. The Morgan fingerprint density at radius 1 is 1.11 bits per heavy atom. The van der Waals surface area contributed by atoms with Gasteiger partial charge in [0.25, 0.3) is 0 Å². The number of rotatable bonds is 6. The minimum Gasteiger partial charge on any atom is -0.495 e. The van der Waals surface area contributed by atoms with Gasteiger partial charge in [0.15, 0.2) is 0 Å². The molecule has 0 aliphatic rings. The van der Waals surface area contributed by atoms with Gasteiger partial charge in [0.2, 0.25) is 15.9 Å². The molecular weight excluding hydrogens is 388 g/mol. The van der Waals surface area contributed by atoms with E-state index in [0.717, 1.165) is 5.56 Å². The number of carbonyl (C=O) groups is 1. The first-order valence-corrected chi connectivity index (χ1v) is 10.2. The van der Waals surface area contributed by atoms with Gasteiger partial charge < -0.3 is 10.1 Å². The first kappa shape index (κ1) is 21.2. The minimum absolute atomic E-state index is 0.188. The summed E-state index contributed by atoms with van der Waals surface area (Å²) in [6.07, 6.45) is 0. The maximum Gasteiger partial charge on any atom is 0.242 e. The Kier molecular flexibility index (Phi) is 6.51. The molecule has 1 atom stereocenters. The Morgan fingerprint density at radius 2 is 1.70 bits per heavy atom. The molecule has 6 nitrogen and oxygen atoms in total. The van der Waals surface area contributed by atoms with E-state index < -0.39 is 22.0 Å². The van der Waals surface area contributed by atoms with Crippen molar-refractivity contribution < 1.29 is 17.9 Å². The Morgan fingerprint density at radius 3 is 2.26 bits per heavy atom. The van der Waals surface area contributed by atoms with E-state index in [2.05, 4.69) is 10.0 Å². The highest BCUT2D eigenvalue weighted by atomic mass is 35.5. The number of ether oxygens (including phenoxy) is 1. The van der Waals surface area contributed by atoms with E-state index in [9.17, 15) is 13.2 Å². The van der Waals surface area contributed by atoms with Gasteiger partial charge >= 0.3 is 0 Å². The summed E-state index contributed by atoms with van der Waals surface area (Å²) in [6.45, 7) is 6.84. The highest BCUT2D eigenvalue weighted by molar-refractivity contribution is 7.89. The Balaban J connectivity index is 2.23. The third-order valence-electron chi connectivity index (χ3n) is 4.02. The van der Waals surface area contributed by atoms with Gasteiger partial charge in [0, 0.05) is 5.02 Å². The summed E-state index contributed by atoms with van der Waals surface area (Å²) in [5.41, 5.74) is 2.60. The number of halogens is 1. The van der Waals surface area contributed by atoms with Crippen molar-refractivity contribution in [2.24, 2.45) is 0 Å². The van der Waals surface area contributed by atoms with Crippen molar-refractivity contribution >= 4 is 33.2 Å². The van der Waals surface area contributed by atoms with E-state index in [1.807, 2.05) is 6.92 Å². The third-order valence-corrected chi connectivity index (χ3v) is 6.10. The zero-order valence-corrected chi connectivity index (χ0v) is 17.5. The molecule has 2 aromatic carbocycles. The second kappa shape index (κ2) is 8.29. The average molecular weight is 411 g/mol. The van der Waals surface area contributed by atoms with Crippen LogP contribution >= 0.6 is 11.6 Å². The van der Waals surface area contributed by atoms with E-state index in [-0.39, 0.29) is 4.90 Å². The molecule has 0 aromatic heterocycles. The molecule has 0 aliphatic heterocycles. The van der Waals surface area contributed by atoms with Crippen molar-refractivity contribution in [1.29, 1.82) is 0 Å². The standard InChI is InChI=1S/C19H23ClN2O4S/c1-11-8-12(2)18(13(3)9-11)27(24,25)22-14(4)19(23)21-16-10-15(20)6-7-17(16)26-5/h6-10,14,22H,1-5H3,(H,21,23). The van der Waals surface area contributed by atoms with Crippen LogP contribution in [0.3, 0.4) is 0 Å². The van der Waals surface area contributed by atoms with Crippen molar-refractivity contribution in [2.75, 3.05) is 12.4 Å². The second-order valence-corrected chi connectivity index (χ2v) is 8.49. The molecule has 2 N–H and O–H groups in total. The molecular formula is C19H23ClN2O4S. The van der Waals surface area contributed by atoms with E-state index in [0.29, 0.717) is 27.6 Å². The smallest absolute Gasteiger partial charge is 0.242 e. The van der Waals surface area contributed by atoms with Crippen LogP contribution in [-0.2, 0) is 14.8 Å². The number of hydrogen-bond donors (Lipinski definition) is 2.